The van der Waals surface area contributed by atoms with Gasteiger partial charge in [-0.05, 0) is 24.9 Å². The molecular weight excluding hydrogens is 304 g/mol. The predicted molar refractivity (Wildman–Crippen MR) is 87.8 cm³/mol. The van der Waals surface area contributed by atoms with E-state index in [1.165, 1.54) is 11.5 Å². The zero-order chi connectivity index (χ0) is 14.7. The van der Waals surface area contributed by atoms with E-state index in [9.17, 15) is 0 Å². The van der Waals surface area contributed by atoms with Crippen molar-refractivity contribution in [1.82, 2.24) is 19.3 Å². The molecule has 0 fully saturated rings. The van der Waals surface area contributed by atoms with E-state index in [0.29, 0.717) is 5.82 Å². The Morgan fingerprint density at radius 3 is 3.05 bits per heavy atom. The van der Waals surface area contributed by atoms with Crippen LogP contribution in [0.4, 0.5) is 10.8 Å². The van der Waals surface area contributed by atoms with Gasteiger partial charge < -0.3 is 16.0 Å². The van der Waals surface area contributed by atoms with E-state index in [2.05, 4.69) is 24.6 Å². The number of aromatic amines is 1. The fourth-order valence-electron chi connectivity index (χ4n) is 1.99. The molecule has 3 heterocycles. The lowest BCUT2D eigenvalue weighted by molar-refractivity contribution is 0.818. The second kappa shape index (κ2) is 6.23. The average molecular weight is 320 g/mol. The molecule has 0 bridgehead atoms. The smallest absolute Gasteiger partial charge is 0.149 e. The van der Waals surface area contributed by atoms with Gasteiger partial charge in [0.15, 0.2) is 0 Å². The zero-order valence-electron chi connectivity index (χ0n) is 11.6. The highest BCUT2D eigenvalue weighted by molar-refractivity contribution is 7.15. The van der Waals surface area contributed by atoms with Crippen LogP contribution in [0.3, 0.4) is 0 Å². The second-order valence-corrected chi connectivity index (χ2v) is 6.26. The van der Waals surface area contributed by atoms with E-state index in [0.717, 1.165) is 46.5 Å². The number of H-pyrrole nitrogens is 1. The fourth-order valence-corrected chi connectivity index (χ4v) is 3.65. The Kier molecular flexibility index (Phi) is 4.16. The van der Waals surface area contributed by atoms with Crippen molar-refractivity contribution in [3.8, 4) is 10.6 Å². The van der Waals surface area contributed by atoms with E-state index in [-0.39, 0.29) is 0 Å². The molecule has 0 aliphatic carbocycles. The minimum absolute atomic E-state index is 0.544. The molecule has 0 amide bonds. The third kappa shape index (κ3) is 3.22. The first-order valence-electron chi connectivity index (χ1n) is 6.64. The van der Waals surface area contributed by atoms with Gasteiger partial charge in [0.25, 0.3) is 0 Å². The van der Waals surface area contributed by atoms with E-state index in [1.807, 2.05) is 18.5 Å². The number of nitrogens with two attached hydrogens (primary N) is 1. The molecule has 21 heavy (non-hydrogen) atoms. The van der Waals surface area contributed by atoms with Crippen LogP contribution in [0, 0.1) is 6.92 Å². The van der Waals surface area contributed by atoms with Crippen molar-refractivity contribution in [1.29, 1.82) is 0 Å². The highest BCUT2D eigenvalue weighted by atomic mass is 32.1. The summed E-state index contributed by atoms with van der Waals surface area (Å²) in [5.41, 5.74) is 7.91. The summed E-state index contributed by atoms with van der Waals surface area (Å²) >= 11 is 2.98. The molecule has 110 valence electrons. The van der Waals surface area contributed by atoms with Crippen molar-refractivity contribution in [3.05, 3.63) is 29.3 Å². The summed E-state index contributed by atoms with van der Waals surface area (Å²) in [6.45, 7) is 2.83. The van der Waals surface area contributed by atoms with E-state index in [4.69, 9.17) is 5.73 Å². The zero-order valence-corrected chi connectivity index (χ0v) is 13.2. The van der Waals surface area contributed by atoms with Gasteiger partial charge in [-0.3, -0.25) is 0 Å². The fraction of sp³-hybridized carbons (Fsp3) is 0.308. The maximum atomic E-state index is 5.98. The second-order valence-electron chi connectivity index (χ2n) is 4.63. The molecule has 3 rings (SSSR count). The van der Waals surface area contributed by atoms with Gasteiger partial charge in [0.2, 0.25) is 0 Å². The molecule has 0 atom stereocenters. The highest BCUT2D eigenvalue weighted by Crippen LogP contribution is 2.38. The number of rotatable bonds is 6. The lowest BCUT2D eigenvalue weighted by Crippen LogP contribution is -2.03. The van der Waals surface area contributed by atoms with Crippen LogP contribution >= 0.6 is 22.9 Å². The lowest BCUT2D eigenvalue weighted by atomic mass is 10.3. The van der Waals surface area contributed by atoms with Gasteiger partial charge in [0.05, 0.1) is 5.56 Å². The number of aromatic nitrogens is 4. The van der Waals surface area contributed by atoms with E-state index < -0.39 is 0 Å². The van der Waals surface area contributed by atoms with Crippen LogP contribution in [0.15, 0.2) is 17.8 Å². The van der Waals surface area contributed by atoms with Gasteiger partial charge in [-0.15, -0.1) is 11.3 Å². The third-order valence-electron chi connectivity index (χ3n) is 2.98. The van der Waals surface area contributed by atoms with Crippen molar-refractivity contribution in [2.24, 2.45) is 0 Å². The van der Waals surface area contributed by atoms with Gasteiger partial charge in [-0.25, -0.2) is 9.97 Å². The quantitative estimate of drug-likeness (QED) is 0.607. The number of nitrogen functional groups attached to an aromatic ring is 1. The molecule has 0 aliphatic heterocycles. The van der Waals surface area contributed by atoms with E-state index in [1.54, 1.807) is 17.5 Å². The SMILES string of the molecule is Cc1csc(-c2c(N)nsc2NCCCc2ncc[nH]2)n1. The van der Waals surface area contributed by atoms with Crippen LogP contribution in [-0.2, 0) is 6.42 Å². The molecule has 3 aromatic rings. The average Bonchev–Trinajstić information content (AvgIpc) is 3.17. The summed E-state index contributed by atoms with van der Waals surface area (Å²) in [7, 11) is 0. The summed E-state index contributed by atoms with van der Waals surface area (Å²) in [6.07, 6.45) is 5.52. The van der Waals surface area contributed by atoms with E-state index >= 15 is 0 Å². The Balaban J connectivity index is 1.63. The van der Waals surface area contributed by atoms with Crippen molar-refractivity contribution in [2.75, 3.05) is 17.6 Å². The molecule has 4 N–H and O–H groups in total. The Bertz CT molecular complexity index is 700. The van der Waals surface area contributed by atoms with Crippen LogP contribution in [0.2, 0.25) is 0 Å². The number of imidazole rings is 1. The first-order valence-corrected chi connectivity index (χ1v) is 8.29. The molecule has 0 aliphatic rings. The van der Waals surface area contributed by atoms with Gasteiger partial charge in [-0.2, -0.15) is 4.37 Å². The van der Waals surface area contributed by atoms with Gasteiger partial charge in [-0.1, -0.05) is 0 Å². The monoisotopic (exact) mass is 320 g/mol. The number of nitrogens with one attached hydrogen (secondary N) is 2. The third-order valence-corrected chi connectivity index (χ3v) is 4.78. The number of anilines is 2. The Morgan fingerprint density at radius 2 is 2.33 bits per heavy atom. The normalized spacial score (nSPS) is 10.9. The van der Waals surface area contributed by atoms with Crippen LogP contribution in [-0.4, -0.2) is 25.9 Å². The molecule has 0 unspecified atom stereocenters. The molecule has 3 aromatic heterocycles. The highest BCUT2D eigenvalue weighted by Gasteiger charge is 2.16. The molecule has 0 saturated heterocycles. The largest absolute Gasteiger partial charge is 0.382 e. The number of hydrogen-bond donors (Lipinski definition) is 3. The van der Waals surface area contributed by atoms with Crippen molar-refractivity contribution in [3.63, 3.8) is 0 Å². The number of aryl methyl sites for hydroxylation is 2. The Morgan fingerprint density at radius 1 is 1.43 bits per heavy atom. The maximum absolute atomic E-state index is 5.98. The van der Waals surface area contributed by atoms with Gasteiger partial charge in [0.1, 0.15) is 21.7 Å². The van der Waals surface area contributed by atoms with Crippen LogP contribution in [0.25, 0.3) is 10.6 Å². The Labute approximate surface area is 130 Å². The Hall–Kier alpha value is -1.93. The van der Waals surface area contributed by atoms with Crippen molar-refractivity contribution >= 4 is 33.7 Å². The molecule has 0 aromatic carbocycles. The molecule has 0 spiro atoms. The number of thiazole rings is 1. The molecule has 8 heteroatoms. The summed E-state index contributed by atoms with van der Waals surface area (Å²) < 4.78 is 4.24. The minimum Gasteiger partial charge on any atom is -0.382 e. The summed E-state index contributed by atoms with van der Waals surface area (Å²) in [6, 6.07) is 0. The predicted octanol–water partition coefficient (Wildman–Crippen LogP) is 2.93. The summed E-state index contributed by atoms with van der Waals surface area (Å²) in [4.78, 5) is 11.8. The molecule has 0 radical (unpaired) electrons. The van der Waals surface area contributed by atoms with Crippen LogP contribution in [0.5, 0.6) is 0 Å². The van der Waals surface area contributed by atoms with Crippen LogP contribution in [0.1, 0.15) is 17.9 Å². The first-order chi connectivity index (χ1) is 10.2. The standard InChI is InChI=1S/C13H16N6S2/c1-8-7-20-13(18-8)10-11(14)19-21-12(10)17-4-2-3-9-15-5-6-16-9/h5-7,17H,2-4H2,1H3,(H2,14,19)(H,15,16). The van der Waals surface area contributed by atoms with Crippen LogP contribution < -0.4 is 11.1 Å². The number of hydrogen-bond acceptors (Lipinski definition) is 7. The summed E-state index contributed by atoms with van der Waals surface area (Å²) in [5, 5.41) is 7.34. The molecule has 0 saturated carbocycles. The number of nitrogens with zero attached hydrogens (tertiary/aromatic N) is 3. The lowest BCUT2D eigenvalue weighted by Gasteiger charge is -2.04. The molecule has 6 nitrogen and oxygen atoms in total. The minimum atomic E-state index is 0.544. The van der Waals surface area contributed by atoms with Crippen molar-refractivity contribution < 1.29 is 0 Å². The first kappa shape index (κ1) is 14.0. The maximum Gasteiger partial charge on any atom is 0.149 e. The summed E-state index contributed by atoms with van der Waals surface area (Å²) in [5.74, 6) is 1.55. The van der Waals surface area contributed by atoms with Crippen molar-refractivity contribution in [2.45, 2.75) is 19.8 Å². The van der Waals surface area contributed by atoms with Gasteiger partial charge in [0, 0.05) is 36.4 Å². The topological polar surface area (TPSA) is 92.5 Å². The van der Waals surface area contributed by atoms with Gasteiger partial charge >= 0.3 is 0 Å². The molecular formula is C13H16N6S2.